The topological polar surface area (TPSA) is 70.6 Å². The number of para-hydroxylation sites is 1. The fourth-order valence-corrected chi connectivity index (χ4v) is 2.54. The Labute approximate surface area is 116 Å². The molecule has 3 rings (SSSR count). The second kappa shape index (κ2) is 4.92. The summed E-state index contributed by atoms with van der Waals surface area (Å²) in [6, 6.07) is 7.41. The maximum Gasteiger partial charge on any atom is 0.254 e. The molecule has 2 unspecified atom stereocenters. The molecule has 0 aromatic heterocycles. The molecule has 1 heterocycles. The number of methoxy groups -OCH3 is 1. The number of benzene rings is 1. The number of carbonyl (C=O) groups excluding carboxylic acids is 1. The molecule has 1 aliphatic heterocycles. The van der Waals surface area contributed by atoms with Crippen LogP contribution in [0.15, 0.2) is 47.9 Å². The minimum Gasteiger partial charge on any atom is -0.504 e. The van der Waals surface area contributed by atoms with Crippen molar-refractivity contribution >= 4 is 11.6 Å². The predicted molar refractivity (Wildman–Crippen MR) is 75.2 cm³/mol. The third kappa shape index (κ3) is 2.11. The molecule has 0 bridgehead atoms. The summed E-state index contributed by atoms with van der Waals surface area (Å²) in [5, 5.41) is 15.9. The summed E-state index contributed by atoms with van der Waals surface area (Å²) in [5.41, 5.74) is 1.47. The smallest absolute Gasteiger partial charge is 0.254 e. The van der Waals surface area contributed by atoms with E-state index in [9.17, 15) is 9.90 Å². The molecule has 1 aromatic rings. The Balaban J connectivity index is 1.84. The molecule has 1 amide bonds. The number of amides is 1. The first kappa shape index (κ1) is 12.6. The molecule has 20 heavy (non-hydrogen) atoms. The van der Waals surface area contributed by atoms with E-state index in [2.05, 4.69) is 10.6 Å². The molecule has 5 nitrogen and oxygen atoms in total. The Morgan fingerprint density at radius 2 is 2.10 bits per heavy atom. The molecule has 2 atom stereocenters. The van der Waals surface area contributed by atoms with Gasteiger partial charge >= 0.3 is 0 Å². The van der Waals surface area contributed by atoms with Crippen molar-refractivity contribution < 1.29 is 14.6 Å². The summed E-state index contributed by atoms with van der Waals surface area (Å²) in [5.74, 6) is 0.524. The van der Waals surface area contributed by atoms with Crippen LogP contribution < -0.4 is 10.6 Å². The molecule has 0 saturated carbocycles. The van der Waals surface area contributed by atoms with Crippen LogP contribution in [0.5, 0.6) is 0 Å². The number of fused-ring (bicyclic) bond motifs is 1. The highest BCUT2D eigenvalue weighted by atomic mass is 16.5. The second-order valence-electron chi connectivity index (χ2n) is 4.87. The summed E-state index contributed by atoms with van der Waals surface area (Å²) in [6.07, 6.45) is 3.96. The van der Waals surface area contributed by atoms with E-state index in [1.807, 2.05) is 24.3 Å². The number of aliphatic hydroxyl groups excluding tert-OH is 1. The molecule has 104 valence electrons. The first-order valence-corrected chi connectivity index (χ1v) is 6.51. The molecule has 0 fully saturated rings. The molecule has 0 spiro atoms. The van der Waals surface area contributed by atoms with Crippen LogP contribution in [-0.2, 0) is 4.74 Å². The molecule has 1 aliphatic carbocycles. The van der Waals surface area contributed by atoms with E-state index in [0.29, 0.717) is 17.7 Å². The normalized spacial score (nSPS) is 24.8. The van der Waals surface area contributed by atoms with Gasteiger partial charge in [-0.2, -0.15) is 0 Å². The lowest BCUT2D eigenvalue weighted by atomic mass is 9.93. The van der Waals surface area contributed by atoms with E-state index < -0.39 is 0 Å². The monoisotopic (exact) mass is 272 g/mol. The van der Waals surface area contributed by atoms with Gasteiger partial charge in [-0.15, -0.1) is 0 Å². The molecule has 0 radical (unpaired) electrons. The minimum atomic E-state index is -0.216. The summed E-state index contributed by atoms with van der Waals surface area (Å²) >= 11 is 0. The Morgan fingerprint density at radius 1 is 1.30 bits per heavy atom. The lowest BCUT2D eigenvalue weighted by molar-refractivity contribution is 0.0926. The number of carbonyl (C=O) groups is 1. The fraction of sp³-hybridized carbons (Fsp3) is 0.267. The summed E-state index contributed by atoms with van der Waals surface area (Å²) < 4.78 is 5.12. The zero-order valence-corrected chi connectivity index (χ0v) is 11.1. The summed E-state index contributed by atoms with van der Waals surface area (Å²) in [6.45, 7) is 0. The van der Waals surface area contributed by atoms with Crippen molar-refractivity contribution in [3.63, 3.8) is 0 Å². The third-order valence-electron chi connectivity index (χ3n) is 3.62. The van der Waals surface area contributed by atoms with Gasteiger partial charge in [0.25, 0.3) is 5.91 Å². The van der Waals surface area contributed by atoms with Gasteiger partial charge in [0.2, 0.25) is 0 Å². The van der Waals surface area contributed by atoms with E-state index in [1.165, 1.54) is 7.11 Å². The molecule has 5 heteroatoms. The number of ether oxygens (including phenoxy) is 1. The quantitative estimate of drug-likeness (QED) is 0.771. The molecular weight excluding hydrogens is 256 g/mol. The van der Waals surface area contributed by atoms with Gasteiger partial charge in [-0.25, -0.2) is 0 Å². The van der Waals surface area contributed by atoms with Gasteiger partial charge in [0.15, 0.2) is 11.5 Å². The number of anilines is 1. The molecule has 3 N–H and O–H groups in total. The largest absolute Gasteiger partial charge is 0.504 e. The van der Waals surface area contributed by atoms with Crippen LogP contribution in [0, 0.1) is 5.92 Å². The number of hydrogen-bond acceptors (Lipinski definition) is 4. The van der Waals surface area contributed by atoms with Crippen molar-refractivity contribution in [2.75, 3.05) is 12.4 Å². The van der Waals surface area contributed by atoms with Crippen molar-refractivity contribution in [2.45, 2.75) is 12.6 Å². The average molecular weight is 272 g/mol. The van der Waals surface area contributed by atoms with Crippen molar-refractivity contribution in [1.82, 2.24) is 5.32 Å². The van der Waals surface area contributed by atoms with Crippen LogP contribution in [0.25, 0.3) is 0 Å². The molecule has 0 saturated heterocycles. The number of aliphatic hydroxyl groups is 1. The van der Waals surface area contributed by atoms with Crippen molar-refractivity contribution in [3.8, 4) is 0 Å². The predicted octanol–water partition coefficient (Wildman–Crippen LogP) is 2.16. The highest BCUT2D eigenvalue weighted by Gasteiger charge is 2.30. The zero-order valence-electron chi connectivity index (χ0n) is 11.1. The highest BCUT2D eigenvalue weighted by Crippen LogP contribution is 2.28. The van der Waals surface area contributed by atoms with Crippen LogP contribution in [-0.4, -0.2) is 24.3 Å². The van der Waals surface area contributed by atoms with Crippen LogP contribution in [0.4, 0.5) is 5.69 Å². The van der Waals surface area contributed by atoms with Gasteiger partial charge in [-0.1, -0.05) is 12.1 Å². The fourth-order valence-electron chi connectivity index (χ4n) is 2.54. The first-order valence-electron chi connectivity index (χ1n) is 6.51. The van der Waals surface area contributed by atoms with E-state index in [-0.39, 0.29) is 23.8 Å². The van der Waals surface area contributed by atoms with E-state index >= 15 is 0 Å². The van der Waals surface area contributed by atoms with Crippen LogP contribution in [0.2, 0.25) is 0 Å². The molecular formula is C15H16N2O3. The van der Waals surface area contributed by atoms with Crippen LogP contribution in [0.1, 0.15) is 16.8 Å². The Kier molecular flexibility index (Phi) is 3.10. The van der Waals surface area contributed by atoms with E-state index in [4.69, 9.17) is 4.74 Å². The van der Waals surface area contributed by atoms with Gasteiger partial charge in [0, 0.05) is 11.6 Å². The number of rotatable bonds is 2. The molecule has 1 aromatic carbocycles. The maximum absolute atomic E-state index is 12.1. The standard InChI is InChI=1S/C15H16N2O3/c1-20-13-8-9(6-7-12(13)18)14-16-11-5-3-2-4-10(11)15(19)17-14/h2-5,7-9,14,16,18H,6H2,1H3,(H,17,19). The Bertz CT molecular complexity index is 607. The van der Waals surface area contributed by atoms with Gasteiger partial charge in [0.1, 0.15) is 6.17 Å². The molecule has 2 aliphatic rings. The van der Waals surface area contributed by atoms with Gasteiger partial charge in [-0.05, 0) is 30.7 Å². The average Bonchev–Trinajstić information content (AvgIpc) is 2.47. The van der Waals surface area contributed by atoms with Crippen LogP contribution in [0.3, 0.4) is 0 Å². The van der Waals surface area contributed by atoms with Gasteiger partial charge in [0.05, 0.1) is 12.7 Å². The van der Waals surface area contributed by atoms with Gasteiger partial charge in [-0.3, -0.25) is 4.79 Å². The Morgan fingerprint density at radius 3 is 2.90 bits per heavy atom. The van der Waals surface area contributed by atoms with Crippen molar-refractivity contribution in [1.29, 1.82) is 0 Å². The zero-order chi connectivity index (χ0) is 14.1. The number of allylic oxidation sites excluding steroid dienone is 1. The van der Waals surface area contributed by atoms with E-state index in [0.717, 1.165) is 5.69 Å². The Hall–Kier alpha value is -2.43. The van der Waals surface area contributed by atoms with E-state index in [1.54, 1.807) is 12.1 Å². The number of nitrogens with one attached hydrogen (secondary N) is 2. The second-order valence-corrected chi connectivity index (χ2v) is 4.87. The highest BCUT2D eigenvalue weighted by molar-refractivity contribution is 6.01. The first-order chi connectivity index (χ1) is 9.69. The van der Waals surface area contributed by atoms with Crippen LogP contribution >= 0.6 is 0 Å². The number of hydrogen-bond donors (Lipinski definition) is 3. The van der Waals surface area contributed by atoms with Crippen molar-refractivity contribution in [2.24, 2.45) is 5.92 Å². The van der Waals surface area contributed by atoms with Gasteiger partial charge < -0.3 is 20.5 Å². The summed E-state index contributed by atoms with van der Waals surface area (Å²) in [4.78, 5) is 12.1. The van der Waals surface area contributed by atoms with Crippen molar-refractivity contribution in [3.05, 3.63) is 53.5 Å². The SMILES string of the molecule is COC1=CC(C2NC(=O)c3ccccc3N2)CC=C1O. The minimum absolute atomic E-state index is 0.0261. The maximum atomic E-state index is 12.1. The third-order valence-corrected chi connectivity index (χ3v) is 3.62. The lowest BCUT2D eigenvalue weighted by Crippen LogP contribution is -2.49. The summed E-state index contributed by atoms with van der Waals surface area (Å²) in [7, 11) is 1.51. The lowest BCUT2D eigenvalue weighted by Gasteiger charge is -2.33.